The summed E-state index contributed by atoms with van der Waals surface area (Å²) in [6.45, 7) is 12.1. The minimum atomic E-state index is -3.96. The second-order valence-corrected chi connectivity index (χ2v) is 15.0. The first-order valence-corrected chi connectivity index (χ1v) is 14.6. The van der Waals surface area contributed by atoms with Crippen molar-refractivity contribution >= 4 is 37.1 Å². The van der Waals surface area contributed by atoms with Crippen LogP contribution in [0.3, 0.4) is 0 Å². The molecule has 1 saturated heterocycles. The third-order valence-corrected chi connectivity index (χ3v) is 8.41. The molecule has 8 nitrogen and oxygen atoms in total. The van der Waals surface area contributed by atoms with Crippen molar-refractivity contribution in [3.05, 3.63) is 34.7 Å². The van der Waals surface area contributed by atoms with E-state index in [1.165, 1.54) is 6.07 Å². The molecule has 188 valence electrons. The van der Waals surface area contributed by atoms with E-state index in [1.807, 2.05) is 20.8 Å². The quantitative estimate of drug-likeness (QED) is 0.588. The normalized spacial score (nSPS) is 22.8. The van der Waals surface area contributed by atoms with Crippen molar-refractivity contribution in [3.8, 4) is 0 Å². The molecule has 1 fully saturated rings. The number of rotatable bonds is 6. The van der Waals surface area contributed by atoms with Crippen LogP contribution in [0.4, 0.5) is 0 Å². The number of fused-ring (bicyclic) bond motifs is 1. The van der Waals surface area contributed by atoms with Gasteiger partial charge in [-0.25, -0.2) is 21.6 Å². The number of likely N-dealkylation sites (tertiary alicyclic amines) is 1. The first-order chi connectivity index (χ1) is 15.3. The molecule has 1 N–H and O–H groups in total. The molecule has 0 radical (unpaired) electrons. The maximum absolute atomic E-state index is 13.7. The van der Waals surface area contributed by atoms with Crippen molar-refractivity contribution in [2.75, 3.05) is 12.8 Å². The van der Waals surface area contributed by atoms with Crippen LogP contribution < -0.4 is 4.72 Å². The molecule has 1 amide bonds. The summed E-state index contributed by atoms with van der Waals surface area (Å²) in [5, 5.41) is 1.01. The number of sulfonamides is 1. The number of carbonyl (C=O) groups is 2. The van der Waals surface area contributed by atoms with Gasteiger partial charge < -0.3 is 4.90 Å². The molecule has 0 aliphatic carbocycles. The Hall–Kier alpha value is -2.04. The largest absolute Gasteiger partial charge is 0.331 e. The number of carbonyl (C=O) groups excluding carboxylic acids is 2. The zero-order valence-corrected chi connectivity index (χ0v) is 22.4. The average Bonchev–Trinajstić information content (AvgIpc) is 3.06. The fourth-order valence-electron chi connectivity index (χ4n) is 4.61. The molecule has 2 aliphatic rings. The van der Waals surface area contributed by atoms with Crippen LogP contribution in [-0.4, -0.2) is 52.3 Å². The van der Waals surface area contributed by atoms with Crippen LogP contribution in [0.1, 0.15) is 59.1 Å². The molecule has 0 aromatic heterocycles. The fourth-order valence-corrected chi connectivity index (χ4v) is 6.74. The molecule has 10 heteroatoms. The van der Waals surface area contributed by atoms with Gasteiger partial charge in [-0.15, -0.1) is 0 Å². The Kier molecular flexibility index (Phi) is 6.69. The molecule has 1 unspecified atom stereocenters. The third kappa shape index (κ3) is 5.28. The second-order valence-electron chi connectivity index (χ2n) is 11.5. The molecule has 0 saturated carbocycles. The van der Waals surface area contributed by atoms with Gasteiger partial charge in [-0.2, -0.15) is 0 Å². The van der Waals surface area contributed by atoms with Crippen molar-refractivity contribution in [1.82, 2.24) is 9.62 Å². The van der Waals surface area contributed by atoms with Crippen molar-refractivity contribution in [3.63, 3.8) is 0 Å². The number of nitrogens with zero attached hydrogens (tertiary/aromatic N) is 1. The molecule has 0 spiro atoms. The van der Waals surface area contributed by atoms with Gasteiger partial charge in [-0.1, -0.05) is 59.7 Å². The highest BCUT2D eigenvalue weighted by Gasteiger charge is 2.54. The lowest BCUT2D eigenvalue weighted by Crippen LogP contribution is -2.45. The summed E-state index contributed by atoms with van der Waals surface area (Å²) in [5.74, 6) is -1.90. The predicted molar refractivity (Wildman–Crippen MR) is 131 cm³/mol. The summed E-state index contributed by atoms with van der Waals surface area (Å²) in [4.78, 5) is 28.8. The van der Waals surface area contributed by atoms with E-state index in [9.17, 15) is 26.4 Å². The summed E-state index contributed by atoms with van der Waals surface area (Å²) >= 11 is 0. The van der Waals surface area contributed by atoms with Crippen molar-refractivity contribution in [1.29, 1.82) is 0 Å². The topological polar surface area (TPSA) is 118 Å². The summed E-state index contributed by atoms with van der Waals surface area (Å²) in [6.07, 6.45) is 1.68. The number of sulfone groups is 1. The van der Waals surface area contributed by atoms with Crippen LogP contribution in [0.15, 0.2) is 28.5 Å². The van der Waals surface area contributed by atoms with E-state index in [1.54, 1.807) is 17.0 Å². The number of benzene rings is 1. The molecule has 2 atom stereocenters. The number of amides is 1. The number of ketones is 1. The van der Waals surface area contributed by atoms with E-state index in [-0.39, 0.29) is 45.2 Å². The molecule has 2 heterocycles. The molecular formula is C24H34N2O6S2. The SMILES string of the molecule is CC(C)(C)CCN1C(=O)C(C2=CS(=O)(=O)c3c(CNS(C)(=O)=O)cccc32)C(=O)[C@@H]1C(C)(C)C. The van der Waals surface area contributed by atoms with Crippen molar-refractivity contribution in [2.45, 2.75) is 65.4 Å². The molecule has 1 aromatic rings. The van der Waals surface area contributed by atoms with E-state index in [0.29, 0.717) is 13.0 Å². The highest BCUT2D eigenvalue weighted by molar-refractivity contribution is 7.95. The lowest BCUT2D eigenvalue weighted by Gasteiger charge is -2.35. The summed E-state index contributed by atoms with van der Waals surface area (Å²) < 4.78 is 51.6. The van der Waals surface area contributed by atoms with Crippen LogP contribution in [0.2, 0.25) is 0 Å². The Morgan fingerprint density at radius 2 is 1.68 bits per heavy atom. The summed E-state index contributed by atoms with van der Waals surface area (Å²) in [7, 11) is -7.51. The Labute approximate surface area is 202 Å². The van der Waals surface area contributed by atoms with E-state index in [2.05, 4.69) is 25.5 Å². The maximum atomic E-state index is 13.7. The lowest BCUT2D eigenvalue weighted by atomic mass is 9.80. The second kappa shape index (κ2) is 8.57. The van der Waals surface area contributed by atoms with Gasteiger partial charge in [-0.3, -0.25) is 9.59 Å². The van der Waals surface area contributed by atoms with Gasteiger partial charge in [0, 0.05) is 18.5 Å². The van der Waals surface area contributed by atoms with E-state index in [0.717, 1.165) is 11.7 Å². The Balaban J connectivity index is 2.07. The number of nitrogens with one attached hydrogen (secondary N) is 1. The summed E-state index contributed by atoms with van der Waals surface area (Å²) in [5.41, 5.74) is 0.141. The first kappa shape index (κ1) is 26.6. The lowest BCUT2D eigenvalue weighted by molar-refractivity contribution is -0.132. The van der Waals surface area contributed by atoms with Gasteiger partial charge in [-0.05, 0) is 34.0 Å². The minimum Gasteiger partial charge on any atom is -0.331 e. The van der Waals surface area contributed by atoms with Gasteiger partial charge in [0.05, 0.1) is 17.2 Å². The van der Waals surface area contributed by atoms with Crippen LogP contribution in [0.5, 0.6) is 0 Å². The van der Waals surface area contributed by atoms with Gasteiger partial charge >= 0.3 is 0 Å². The standard InChI is InChI=1S/C24H34N2O6S2/c1-23(2,3)11-12-26-21(24(4,5)6)19(27)18(22(26)28)17-14-34(31,32)20-15(9-8-10-16(17)20)13-25-33(7,29)30/h8-10,14,18,21,25H,11-13H2,1-7H3/t18?,21-/m1/s1. The first-order valence-electron chi connectivity index (χ1n) is 11.2. The van der Waals surface area contributed by atoms with Gasteiger partial charge in [0.2, 0.25) is 25.8 Å². The Morgan fingerprint density at radius 1 is 1.06 bits per heavy atom. The molecular weight excluding hydrogens is 476 g/mol. The predicted octanol–water partition coefficient (Wildman–Crippen LogP) is 2.74. The van der Waals surface area contributed by atoms with E-state index >= 15 is 0 Å². The number of hydrogen-bond acceptors (Lipinski definition) is 6. The van der Waals surface area contributed by atoms with Crippen LogP contribution in [0, 0.1) is 16.7 Å². The van der Waals surface area contributed by atoms with Crippen LogP contribution >= 0.6 is 0 Å². The third-order valence-electron chi connectivity index (χ3n) is 6.13. The van der Waals surface area contributed by atoms with Gasteiger partial charge in [0.1, 0.15) is 5.92 Å². The monoisotopic (exact) mass is 510 g/mol. The zero-order valence-electron chi connectivity index (χ0n) is 20.8. The molecule has 3 rings (SSSR count). The highest BCUT2D eigenvalue weighted by atomic mass is 32.2. The molecule has 1 aromatic carbocycles. The number of hydrogen-bond donors (Lipinski definition) is 1. The van der Waals surface area contributed by atoms with Crippen LogP contribution in [-0.2, 0) is 36.0 Å². The zero-order chi connectivity index (χ0) is 25.9. The average molecular weight is 511 g/mol. The Morgan fingerprint density at radius 3 is 2.21 bits per heavy atom. The smallest absolute Gasteiger partial charge is 0.238 e. The minimum absolute atomic E-state index is 0.0477. The Bertz CT molecular complexity index is 1270. The van der Waals surface area contributed by atoms with Gasteiger partial charge in [0.15, 0.2) is 5.78 Å². The van der Waals surface area contributed by atoms with Crippen molar-refractivity contribution < 1.29 is 26.4 Å². The fraction of sp³-hybridized carbons (Fsp3) is 0.583. The highest BCUT2D eigenvalue weighted by Crippen LogP contribution is 2.45. The molecule has 0 bridgehead atoms. The summed E-state index contributed by atoms with van der Waals surface area (Å²) in [6, 6.07) is 4.03. The molecule has 2 aliphatic heterocycles. The maximum Gasteiger partial charge on any atom is 0.238 e. The van der Waals surface area contributed by atoms with Crippen molar-refractivity contribution in [2.24, 2.45) is 16.7 Å². The van der Waals surface area contributed by atoms with E-state index in [4.69, 9.17) is 0 Å². The molecule has 34 heavy (non-hydrogen) atoms. The van der Waals surface area contributed by atoms with Crippen LogP contribution in [0.25, 0.3) is 5.57 Å². The van der Waals surface area contributed by atoms with Gasteiger partial charge in [0.25, 0.3) is 0 Å². The van der Waals surface area contributed by atoms with E-state index < -0.39 is 37.2 Å². The number of Topliss-reactive ketones (excluding diaryl/α,β-unsaturated/α-hetero) is 1.